The lowest BCUT2D eigenvalue weighted by atomic mass is 9.81. The molecule has 1 heterocycles. The van der Waals surface area contributed by atoms with Gasteiger partial charge in [-0.25, -0.2) is 0 Å². The van der Waals surface area contributed by atoms with Crippen molar-refractivity contribution in [1.29, 1.82) is 0 Å². The summed E-state index contributed by atoms with van der Waals surface area (Å²) in [5.74, 6) is 1.66. The SMILES string of the molecule is CCOc1ccc(C(N)C2C(C)OC(C)C2C)c(Br)c1. The summed E-state index contributed by atoms with van der Waals surface area (Å²) in [6.45, 7) is 9.11. The highest BCUT2D eigenvalue weighted by molar-refractivity contribution is 9.10. The molecule has 5 unspecified atom stereocenters. The Kier molecular flexibility index (Phi) is 5.10. The van der Waals surface area contributed by atoms with Gasteiger partial charge in [-0.3, -0.25) is 0 Å². The second kappa shape index (κ2) is 6.46. The molecule has 1 fully saturated rings. The molecule has 0 amide bonds. The zero-order valence-electron chi connectivity index (χ0n) is 12.6. The third kappa shape index (κ3) is 3.02. The fourth-order valence-electron chi connectivity index (χ4n) is 3.15. The summed E-state index contributed by atoms with van der Waals surface area (Å²) in [5.41, 5.74) is 7.64. The lowest BCUT2D eigenvalue weighted by Gasteiger charge is -2.27. The normalized spacial score (nSPS) is 31.3. The fourth-order valence-corrected chi connectivity index (χ4v) is 3.78. The molecule has 1 aliphatic heterocycles. The standard InChI is InChI=1S/C16H24BrNO2/c1-5-19-12-6-7-13(14(17)8-12)16(18)15-9(2)10(3)20-11(15)4/h6-11,15-16H,5,18H2,1-4H3. The third-order valence-electron chi connectivity index (χ3n) is 4.38. The van der Waals surface area contributed by atoms with Crippen LogP contribution in [0, 0.1) is 11.8 Å². The van der Waals surface area contributed by atoms with E-state index in [0.717, 1.165) is 15.8 Å². The van der Waals surface area contributed by atoms with Gasteiger partial charge in [0.15, 0.2) is 0 Å². The molecule has 0 saturated carbocycles. The Morgan fingerprint density at radius 3 is 2.50 bits per heavy atom. The van der Waals surface area contributed by atoms with Gasteiger partial charge in [-0.05, 0) is 44.4 Å². The van der Waals surface area contributed by atoms with Crippen LogP contribution in [-0.4, -0.2) is 18.8 Å². The zero-order valence-corrected chi connectivity index (χ0v) is 14.2. The molecule has 112 valence electrons. The number of benzene rings is 1. The summed E-state index contributed by atoms with van der Waals surface area (Å²) in [5, 5.41) is 0. The molecule has 0 aliphatic carbocycles. The first-order valence-corrected chi connectivity index (χ1v) is 8.08. The minimum atomic E-state index is -0.0324. The maximum absolute atomic E-state index is 6.52. The predicted molar refractivity (Wildman–Crippen MR) is 84.9 cm³/mol. The van der Waals surface area contributed by atoms with Gasteiger partial charge >= 0.3 is 0 Å². The van der Waals surface area contributed by atoms with Crippen molar-refractivity contribution >= 4 is 15.9 Å². The van der Waals surface area contributed by atoms with E-state index in [1.807, 2.05) is 19.1 Å². The van der Waals surface area contributed by atoms with Crippen LogP contribution in [0.4, 0.5) is 0 Å². The minimum Gasteiger partial charge on any atom is -0.494 e. The number of ether oxygens (including phenoxy) is 2. The molecule has 0 radical (unpaired) electrons. The van der Waals surface area contributed by atoms with Gasteiger partial charge in [0.25, 0.3) is 0 Å². The van der Waals surface area contributed by atoms with Crippen LogP contribution in [0.1, 0.15) is 39.3 Å². The molecular weight excluding hydrogens is 318 g/mol. The molecule has 1 aliphatic rings. The van der Waals surface area contributed by atoms with E-state index >= 15 is 0 Å². The van der Waals surface area contributed by atoms with Crippen molar-refractivity contribution < 1.29 is 9.47 Å². The molecule has 1 aromatic carbocycles. The number of nitrogens with two attached hydrogens (primary N) is 1. The largest absolute Gasteiger partial charge is 0.494 e. The second-order valence-corrected chi connectivity index (χ2v) is 6.48. The molecule has 20 heavy (non-hydrogen) atoms. The molecule has 2 rings (SSSR count). The van der Waals surface area contributed by atoms with Crippen molar-refractivity contribution in [3.05, 3.63) is 28.2 Å². The Morgan fingerprint density at radius 1 is 1.30 bits per heavy atom. The molecule has 1 saturated heterocycles. The summed E-state index contributed by atoms with van der Waals surface area (Å²) >= 11 is 3.62. The maximum Gasteiger partial charge on any atom is 0.120 e. The molecule has 0 bridgehead atoms. The summed E-state index contributed by atoms with van der Waals surface area (Å²) in [7, 11) is 0. The summed E-state index contributed by atoms with van der Waals surface area (Å²) in [6.07, 6.45) is 0.455. The van der Waals surface area contributed by atoms with Crippen molar-refractivity contribution in [2.75, 3.05) is 6.61 Å². The monoisotopic (exact) mass is 341 g/mol. The average molecular weight is 342 g/mol. The lowest BCUT2D eigenvalue weighted by molar-refractivity contribution is 0.0489. The van der Waals surface area contributed by atoms with Crippen LogP contribution >= 0.6 is 15.9 Å². The van der Waals surface area contributed by atoms with Crippen molar-refractivity contribution in [2.24, 2.45) is 17.6 Å². The first kappa shape index (κ1) is 15.8. The Bertz CT molecular complexity index is 466. The van der Waals surface area contributed by atoms with Crippen LogP contribution in [0.2, 0.25) is 0 Å². The van der Waals surface area contributed by atoms with Gasteiger partial charge < -0.3 is 15.2 Å². The van der Waals surface area contributed by atoms with E-state index in [2.05, 4.69) is 42.8 Å². The Balaban J connectivity index is 2.22. The van der Waals surface area contributed by atoms with E-state index < -0.39 is 0 Å². The van der Waals surface area contributed by atoms with Crippen molar-refractivity contribution in [2.45, 2.75) is 45.9 Å². The lowest BCUT2D eigenvalue weighted by Crippen LogP contribution is -2.30. The highest BCUT2D eigenvalue weighted by Crippen LogP contribution is 2.41. The quantitative estimate of drug-likeness (QED) is 0.902. The van der Waals surface area contributed by atoms with Crippen LogP contribution in [0.15, 0.2) is 22.7 Å². The third-order valence-corrected chi connectivity index (χ3v) is 5.06. The van der Waals surface area contributed by atoms with Crippen LogP contribution in [0.5, 0.6) is 5.75 Å². The number of hydrogen-bond acceptors (Lipinski definition) is 3. The smallest absolute Gasteiger partial charge is 0.120 e. The van der Waals surface area contributed by atoms with E-state index in [9.17, 15) is 0 Å². The fraction of sp³-hybridized carbons (Fsp3) is 0.625. The van der Waals surface area contributed by atoms with Gasteiger partial charge in [0.2, 0.25) is 0 Å². The van der Waals surface area contributed by atoms with E-state index in [1.165, 1.54) is 0 Å². The van der Waals surface area contributed by atoms with Crippen molar-refractivity contribution in [3.8, 4) is 5.75 Å². The maximum atomic E-state index is 6.52. The van der Waals surface area contributed by atoms with Crippen molar-refractivity contribution in [1.82, 2.24) is 0 Å². The molecule has 5 atom stereocenters. The number of halogens is 1. The van der Waals surface area contributed by atoms with E-state index in [-0.39, 0.29) is 18.2 Å². The van der Waals surface area contributed by atoms with Crippen LogP contribution in [0.25, 0.3) is 0 Å². The second-order valence-electron chi connectivity index (χ2n) is 5.62. The van der Waals surface area contributed by atoms with Gasteiger partial charge in [0, 0.05) is 16.4 Å². The van der Waals surface area contributed by atoms with Gasteiger partial charge in [0.05, 0.1) is 18.8 Å². The molecular formula is C16H24BrNO2. The first-order valence-electron chi connectivity index (χ1n) is 7.29. The first-order chi connectivity index (χ1) is 9.45. The molecule has 2 N–H and O–H groups in total. The van der Waals surface area contributed by atoms with Crippen LogP contribution in [0.3, 0.4) is 0 Å². The van der Waals surface area contributed by atoms with Gasteiger partial charge in [0.1, 0.15) is 5.75 Å². The Hall–Kier alpha value is -0.580. The highest BCUT2D eigenvalue weighted by atomic mass is 79.9. The summed E-state index contributed by atoms with van der Waals surface area (Å²) < 4.78 is 12.4. The minimum absolute atomic E-state index is 0.0324. The highest BCUT2D eigenvalue weighted by Gasteiger charge is 2.41. The Morgan fingerprint density at radius 2 is 2.00 bits per heavy atom. The van der Waals surface area contributed by atoms with E-state index in [0.29, 0.717) is 18.4 Å². The summed E-state index contributed by atoms with van der Waals surface area (Å²) in [4.78, 5) is 0. The number of hydrogen-bond donors (Lipinski definition) is 1. The van der Waals surface area contributed by atoms with Crippen LogP contribution < -0.4 is 10.5 Å². The Labute approximate surface area is 130 Å². The van der Waals surface area contributed by atoms with Crippen LogP contribution in [-0.2, 0) is 4.74 Å². The molecule has 4 heteroatoms. The zero-order chi connectivity index (χ0) is 14.9. The van der Waals surface area contributed by atoms with Crippen molar-refractivity contribution in [3.63, 3.8) is 0 Å². The average Bonchev–Trinajstić information content (AvgIpc) is 2.63. The topological polar surface area (TPSA) is 44.5 Å². The predicted octanol–water partition coefficient (Wildman–Crippen LogP) is 3.91. The van der Waals surface area contributed by atoms with E-state index in [4.69, 9.17) is 15.2 Å². The molecule has 0 aromatic heterocycles. The molecule has 3 nitrogen and oxygen atoms in total. The number of rotatable bonds is 4. The summed E-state index contributed by atoms with van der Waals surface area (Å²) in [6, 6.07) is 6.00. The van der Waals surface area contributed by atoms with E-state index in [1.54, 1.807) is 0 Å². The van der Waals surface area contributed by atoms with Gasteiger partial charge in [-0.1, -0.05) is 28.9 Å². The van der Waals surface area contributed by atoms with Gasteiger partial charge in [-0.2, -0.15) is 0 Å². The van der Waals surface area contributed by atoms with Gasteiger partial charge in [-0.15, -0.1) is 0 Å². The molecule has 1 aromatic rings. The molecule has 0 spiro atoms.